The van der Waals surface area contributed by atoms with Crippen LogP contribution in [-0.4, -0.2) is 19.3 Å². The van der Waals surface area contributed by atoms with Gasteiger partial charge >= 0.3 is 0 Å². The maximum Gasteiger partial charge on any atom is 0.202 e. The number of rotatable bonds is 2. The highest BCUT2D eigenvalue weighted by molar-refractivity contribution is 5.78. The maximum atomic E-state index is 6.23. The van der Waals surface area contributed by atoms with Gasteiger partial charge in [0.15, 0.2) is 5.65 Å². The van der Waals surface area contributed by atoms with E-state index in [-0.39, 0.29) is 0 Å². The maximum absolute atomic E-state index is 6.23. The van der Waals surface area contributed by atoms with E-state index in [1.165, 1.54) is 19.3 Å². The molecule has 2 aromatic rings. The third-order valence-corrected chi connectivity index (χ3v) is 4.82. The highest BCUT2D eigenvalue weighted by Gasteiger charge is 2.30. The SMILES string of the molecule is CCc1nn(C)c2c1nc(N)n2C1CCC(C)CC1C. The fourth-order valence-electron chi connectivity index (χ4n) is 3.82. The summed E-state index contributed by atoms with van der Waals surface area (Å²) in [5.74, 6) is 2.10. The number of aryl methyl sites for hydroxylation is 2. The highest BCUT2D eigenvalue weighted by atomic mass is 15.4. The second-order valence-corrected chi connectivity index (χ2v) is 6.40. The fourth-order valence-corrected chi connectivity index (χ4v) is 3.82. The van der Waals surface area contributed by atoms with Gasteiger partial charge in [0.05, 0.1) is 5.69 Å². The van der Waals surface area contributed by atoms with Crippen molar-refractivity contribution in [2.24, 2.45) is 18.9 Å². The van der Waals surface area contributed by atoms with Crippen molar-refractivity contribution in [1.29, 1.82) is 0 Å². The molecule has 5 heteroatoms. The van der Waals surface area contributed by atoms with Crippen LogP contribution in [0.1, 0.15) is 51.8 Å². The van der Waals surface area contributed by atoms with Crippen molar-refractivity contribution in [2.75, 3.05) is 5.73 Å². The summed E-state index contributed by atoms with van der Waals surface area (Å²) in [7, 11) is 2.00. The lowest BCUT2D eigenvalue weighted by Crippen LogP contribution is -2.26. The van der Waals surface area contributed by atoms with E-state index in [0.29, 0.717) is 17.9 Å². The zero-order valence-electron chi connectivity index (χ0n) is 12.9. The lowest BCUT2D eigenvalue weighted by molar-refractivity contribution is 0.212. The average Bonchev–Trinajstić information content (AvgIpc) is 2.87. The van der Waals surface area contributed by atoms with E-state index in [2.05, 4.69) is 35.4 Å². The molecule has 3 rings (SSSR count). The molecular weight excluding hydrogens is 250 g/mol. The van der Waals surface area contributed by atoms with Crippen LogP contribution < -0.4 is 5.73 Å². The normalized spacial score (nSPS) is 27.3. The Morgan fingerprint density at radius 2 is 2.05 bits per heavy atom. The first-order valence-corrected chi connectivity index (χ1v) is 7.72. The second-order valence-electron chi connectivity index (χ2n) is 6.40. The molecule has 0 spiro atoms. The molecule has 2 N–H and O–H groups in total. The number of fused-ring (bicyclic) bond motifs is 1. The number of imidazole rings is 1. The van der Waals surface area contributed by atoms with Crippen LogP contribution in [0.4, 0.5) is 5.95 Å². The third-order valence-electron chi connectivity index (χ3n) is 4.82. The van der Waals surface area contributed by atoms with Gasteiger partial charge in [-0.05, 0) is 37.5 Å². The molecule has 3 atom stereocenters. The van der Waals surface area contributed by atoms with Crippen molar-refractivity contribution in [1.82, 2.24) is 19.3 Å². The van der Waals surface area contributed by atoms with Gasteiger partial charge in [0, 0.05) is 13.1 Å². The van der Waals surface area contributed by atoms with Crippen molar-refractivity contribution in [3.63, 3.8) is 0 Å². The molecule has 0 amide bonds. The molecule has 0 radical (unpaired) electrons. The Balaban J connectivity index is 2.11. The molecule has 0 aliphatic heterocycles. The van der Waals surface area contributed by atoms with Gasteiger partial charge in [0.25, 0.3) is 0 Å². The summed E-state index contributed by atoms with van der Waals surface area (Å²) in [5, 5.41) is 4.58. The molecule has 2 heterocycles. The van der Waals surface area contributed by atoms with E-state index in [0.717, 1.165) is 29.2 Å². The van der Waals surface area contributed by atoms with E-state index < -0.39 is 0 Å². The average molecular weight is 275 g/mol. The molecule has 20 heavy (non-hydrogen) atoms. The summed E-state index contributed by atoms with van der Waals surface area (Å²) < 4.78 is 4.18. The number of anilines is 1. The van der Waals surface area contributed by atoms with Crippen LogP contribution in [0.25, 0.3) is 11.2 Å². The summed E-state index contributed by atoms with van der Waals surface area (Å²) in [6, 6.07) is 0.455. The Morgan fingerprint density at radius 3 is 2.70 bits per heavy atom. The number of aromatic nitrogens is 4. The third kappa shape index (κ3) is 1.91. The molecule has 1 saturated carbocycles. The van der Waals surface area contributed by atoms with Crippen molar-refractivity contribution in [3.8, 4) is 0 Å². The number of hydrogen-bond acceptors (Lipinski definition) is 3. The van der Waals surface area contributed by atoms with Gasteiger partial charge in [0.2, 0.25) is 5.95 Å². The minimum Gasteiger partial charge on any atom is -0.369 e. The van der Waals surface area contributed by atoms with Crippen LogP contribution in [0.2, 0.25) is 0 Å². The number of hydrogen-bond donors (Lipinski definition) is 1. The van der Waals surface area contributed by atoms with Crippen molar-refractivity contribution >= 4 is 17.1 Å². The van der Waals surface area contributed by atoms with Crippen LogP contribution in [0.15, 0.2) is 0 Å². The quantitative estimate of drug-likeness (QED) is 0.916. The molecule has 2 aromatic heterocycles. The summed E-state index contributed by atoms with van der Waals surface area (Å²) >= 11 is 0. The minimum atomic E-state index is 0.455. The molecule has 5 nitrogen and oxygen atoms in total. The van der Waals surface area contributed by atoms with E-state index in [1.807, 2.05) is 11.7 Å². The molecule has 110 valence electrons. The molecular formula is C15H25N5. The standard InChI is InChI=1S/C15H25N5/c1-5-11-13-14(19(4)18-11)20(15(16)17-13)12-7-6-9(2)8-10(12)3/h9-10,12H,5-8H2,1-4H3,(H2,16,17). The molecule has 0 aromatic carbocycles. The van der Waals surface area contributed by atoms with Gasteiger partial charge in [-0.3, -0.25) is 9.25 Å². The number of nitrogens with two attached hydrogens (primary N) is 1. The smallest absolute Gasteiger partial charge is 0.202 e. The van der Waals surface area contributed by atoms with E-state index >= 15 is 0 Å². The van der Waals surface area contributed by atoms with Crippen LogP contribution in [0.3, 0.4) is 0 Å². The van der Waals surface area contributed by atoms with Crippen molar-refractivity contribution in [3.05, 3.63) is 5.69 Å². The predicted molar refractivity (Wildman–Crippen MR) is 81.5 cm³/mol. The summed E-state index contributed by atoms with van der Waals surface area (Å²) in [6.45, 7) is 6.80. The Hall–Kier alpha value is -1.52. The van der Waals surface area contributed by atoms with Crippen molar-refractivity contribution in [2.45, 2.75) is 52.5 Å². The van der Waals surface area contributed by atoms with Crippen LogP contribution in [0, 0.1) is 11.8 Å². The van der Waals surface area contributed by atoms with E-state index in [4.69, 9.17) is 5.73 Å². The van der Waals surface area contributed by atoms with Gasteiger partial charge in [-0.2, -0.15) is 5.10 Å². The molecule has 1 aliphatic rings. The summed E-state index contributed by atoms with van der Waals surface area (Å²) in [4.78, 5) is 4.59. The Morgan fingerprint density at radius 1 is 1.30 bits per heavy atom. The Labute approximate surface area is 120 Å². The van der Waals surface area contributed by atoms with Gasteiger partial charge in [-0.25, -0.2) is 4.98 Å². The largest absolute Gasteiger partial charge is 0.369 e. The predicted octanol–water partition coefficient (Wildman–Crippen LogP) is 2.91. The number of nitrogens with zero attached hydrogens (tertiary/aromatic N) is 4. The van der Waals surface area contributed by atoms with Crippen LogP contribution >= 0.6 is 0 Å². The summed E-state index contributed by atoms with van der Waals surface area (Å²) in [5.41, 5.74) is 9.35. The molecule has 0 bridgehead atoms. The van der Waals surface area contributed by atoms with E-state index in [9.17, 15) is 0 Å². The highest BCUT2D eigenvalue weighted by Crippen LogP contribution is 2.39. The first-order chi connectivity index (χ1) is 9.52. The number of nitrogen functional groups attached to an aromatic ring is 1. The molecule has 1 aliphatic carbocycles. The summed E-state index contributed by atoms with van der Waals surface area (Å²) in [6.07, 6.45) is 4.62. The Bertz CT molecular complexity index is 624. The van der Waals surface area contributed by atoms with Crippen LogP contribution in [-0.2, 0) is 13.5 Å². The van der Waals surface area contributed by atoms with Gasteiger partial charge < -0.3 is 5.73 Å². The van der Waals surface area contributed by atoms with Crippen LogP contribution in [0.5, 0.6) is 0 Å². The van der Waals surface area contributed by atoms with Gasteiger partial charge in [-0.15, -0.1) is 0 Å². The lowest BCUT2D eigenvalue weighted by Gasteiger charge is -2.34. The zero-order chi connectivity index (χ0) is 14.4. The van der Waals surface area contributed by atoms with Crippen molar-refractivity contribution < 1.29 is 0 Å². The topological polar surface area (TPSA) is 61.7 Å². The molecule has 1 fully saturated rings. The first kappa shape index (κ1) is 13.5. The van der Waals surface area contributed by atoms with Gasteiger partial charge in [-0.1, -0.05) is 20.8 Å². The zero-order valence-corrected chi connectivity index (χ0v) is 12.9. The second kappa shape index (κ2) is 4.79. The van der Waals surface area contributed by atoms with E-state index in [1.54, 1.807) is 0 Å². The Kier molecular flexibility index (Phi) is 3.22. The molecule has 3 unspecified atom stereocenters. The molecule has 0 saturated heterocycles. The van der Waals surface area contributed by atoms with Gasteiger partial charge in [0.1, 0.15) is 5.52 Å². The minimum absolute atomic E-state index is 0.455. The first-order valence-electron chi connectivity index (χ1n) is 7.72. The fraction of sp³-hybridized carbons (Fsp3) is 0.733. The monoisotopic (exact) mass is 275 g/mol. The lowest BCUT2D eigenvalue weighted by atomic mass is 9.80.